The summed E-state index contributed by atoms with van der Waals surface area (Å²) in [4.78, 5) is 0. The van der Waals surface area contributed by atoms with Crippen LogP contribution in [0.15, 0.2) is 11.6 Å². The lowest BCUT2D eigenvalue weighted by Crippen LogP contribution is -2.58. The number of aliphatic hydroxyl groups is 1. The molecular formula is C20H34O. The van der Waals surface area contributed by atoms with E-state index in [1.54, 1.807) is 0 Å². The molecule has 1 nitrogen and oxygen atoms in total. The molecule has 3 aliphatic rings. The van der Waals surface area contributed by atoms with Crippen LogP contribution in [0.1, 0.15) is 73.1 Å². The maximum atomic E-state index is 11.8. The normalized spacial score (nSPS) is 50.3. The van der Waals surface area contributed by atoms with Crippen LogP contribution < -0.4 is 0 Å². The van der Waals surface area contributed by atoms with Crippen LogP contribution in [0.4, 0.5) is 0 Å². The molecule has 0 radical (unpaired) electrons. The molecule has 0 unspecified atom stereocenters. The minimum atomic E-state index is -0.432. The summed E-state index contributed by atoms with van der Waals surface area (Å²) < 4.78 is 0. The molecule has 3 rings (SSSR count). The van der Waals surface area contributed by atoms with Crippen LogP contribution >= 0.6 is 0 Å². The maximum Gasteiger partial charge on any atom is 0.0740 e. The molecule has 2 saturated carbocycles. The van der Waals surface area contributed by atoms with Gasteiger partial charge in [0.1, 0.15) is 0 Å². The van der Waals surface area contributed by atoms with Gasteiger partial charge in [0.15, 0.2) is 0 Å². The van der Waals surface area contributed by atoms with Gasteiger partial charge in [-0.3, -0.25) is 0 Å². The molecule has 6 atom stereocenters. The summed E-state index contributed by atoms with van der Waals surface area (Å²) in [5.41, 5.74) is 1.24. The van der Waals surface area contributed by atoms with Crippen LogP contribution in [-0.4, -0.2) is 10.7 Å². The molecular weight excluding hydrogens is 256 g/mol. The fourth-order valence-corrected chi connectivity index (χ4v) is 6.36. The smallest absolute Gasteiger partial charge is 0.0740 e. The first-order valence-corrected chi connectivity index (χ1v) is 9.22. The molecule has 0 bridgehead atoms. The first kappa shape index (κ1) is 15.6. The van der Waals surface area contributed by atoms with Crippen molar-refractivity contribution in [2.75, 3.05) is 0 Å². The van der Waals surface area contributed by atoms with Gasteiger partial charge in [0, 0.05) is 5.41 Å². The third kappa shape index (κ3) is 1.99. The van der Waals surface area contributed by atoms with Crippen LogP contribution in [-0.2, 0) is 0 Å². The molecule has 21 heavy (non-hydrogen) atoms. The molecule has 3 aliphatic carbocycles. The molecule has 0 aromatic rings. The lowest BCUT2D eigenvalue weighted by atomic mass is 9.49. The van der Waals surface area contributed by atoms with E-state index in [-0.39, 0.29) is 5.41 Å². The van der Waals surface area contributed by atoms with E-state index >= 15 is 0 Å². The van der Waals surface area contributed by atoms with E-state index in [1.807, 2.05) is 0 Å². The zero-order valence-electron chi connectivity index (χ0n) is 14.7. The zero-order chi connectivity index (χ0) is 15.4. The summed E-state index contributed by atoms with van der Waals surface area (Å²) in [5, 5.41) is 11.8. The highest BCUT2D eigenvalue weighted by Crippen LogP contribution is 2.67. The summed E-state index contributed by atoms with van der Waals surface area (Å²) in [6.45, 7) is 11.8. The van der Waals surface area contributed by atoms with Crippen molar-refractivity contribution in [2.45, 2.75) is 78.7 Å². The zero-order valence-corrected chi connectivity index (χ0v) is 14.7. The van der Waals surface area contributed by atoms with E-state index in [4.69, 9.17) is 0 Å². The van der Waals surface area contributed by atoms with Gasteiger partial charge in [-0.15, -0.1) is 0 Å². The Morgan fingerprint density at radius 2 is 1.81 bits per heavy atom. The summed E-state index contributed by atoms with van der Waals surface area (Å²) in [6, 6.07) is 0. The average molecular weight is 290 g/mol. The Hall–Kier alpha value is -0.300. The van der Waals surface area contributed by atoms with Gasteiger partial charge in [0.05, 0.1) is 5.60 Å². The number of hydrogen-bond donors (Lipinski definition) is 1. The lowest BCUT2D eigenvalue weighted by molar-refractivity contribution is -0.164. The third-order valence-electron chi connectivity index (χ3n) is 7.70. The second-order valence-corrected chi connectivity index (χ2v) is 8.83. The first-order valence-electron chi connectivity index (χ1n) is 9.22. The van der Waals surface area contributed by atoms with Gasteiger partial charge in [-0.2, -0.15) is 0 Å². The summed E-state index contributed by atoms with van der Waals surface area (Å²) in [6.07, 6.45) is 9.79. The van der Waals surface area contributed by atoms with Gasteiger partial charge in [-0.25, -0.2) is 0 Å². The Bertz CT molecular complexity index is 437. The standard InChI is InChI=1S/C20H34O/c1-13(2)17-7-6-15(4)19-10-9-16(5)20(19,21)11-8-14(3)12-18(17)19/h12-13,15-18,21H,6-11H2,1-5H3/t15-,16+,17+,18-,19+,20+/m1/s1. The van der Waals surface area contributed by atoms with Gasteiger partial charge >= 0.3 is 0 Å². The molecule has 0 aliphatic heterocycles. The van der Waals surface area contributed by atoms with E-state index in [2.05, 4.69) is 40.7 Å². The molecule has 0 amide bonds. The molecule has 1 heteroatoms. The van der Waals surface area contributed by atoms with Crippen LogP contribution in [0.5, 0.6) is 0 Å². The van der Waals surface area contributed by atoms with Crippen molar-refractivity contribution in [3.63, 3.8) is 0 Å². The van der Waals surface area contributed by atoms with Gasteiger partial charge in [-0.05, 0) is 75.0 Å². The predicted octanol–water partition coefficient (Wildman–Crippen LogP) is 5.19. The second-order valence-electron chi connectivity index (χ2n) is 8.83. The lowest BCUT2D eigenvalue weighted by Gasteiger charge is -2.57. The number of allylic oxidation sites excluding steroid dienone is 2. The molecule has 0 aromatic heterocycles. The van der Waals surface area contributed by atoms with Gasteiger partial charge in [0.2, 0.25) is 0 Å². The Morgan fingerprint density at radius 3 is 2.48 bits per heavy atom. The molecule has 2 fully saturated rings. The highest BCUT2D eigenvalue weighted by molar-refractivity contribution is 5.23. The van der Waals surface area contributed by atoms with Crippen LogP contribution in [0, 0.1) is 35.0 Å². The molecule has 1 spiro atoms. The Kier molecular flexibility index (Phi) is 3.80. The highest BCUT2D eigenvalue weighted by atomic mass is 16.3. The quantitative estimate of drug-likeness (QED) is 0.659. The highest BCUT2D eigenvalue weighted by Gasteiger charge is 2.65. The van der Waals surface area contributed by atoms with Gasteiger partial charge < -0.3 is 5.11 Å². The largest absolute Gasteiger partial charge is 0.389 e. The third-order valence-corrected chi connectivity index (χ3v) is 7.70. The minimum Gasteiger partial charge on any atom is -0.389 e. The number of hydrogen-bond acceptors (Lipinski definition) is 1. The van der Waals surface area contributed by atoms with E-state index in [0.717, 1.165) is 24.7 Å². The van der Waals surface area contributed by atoms with Gasteiger partial charge in [-0.1, -0.05) is 39.3 Å². The van der Waals surface area contributed by atoms with E-state index < -0.39 is 5.60 Å². The topological polar surface area (TPSA) is 20.2 Å². The SMILES string of the molecule is CC1=C[C@@H]2[C@H](C(C)C)CC[C@@H](C)[C@@]23CC[C@H](C)[C@@]3(O)CC1. The minimum absolute atomic E-state index is 0.150. The van der Waals surface area contributed by atoms with Crippen LogP contribution in [0.2, 0.25) is 0 Å². The number of rotatable bonds is 1. The molecule has 0 saturated heterocycles. The predicted molar refractivity (Wildman–Crippen MR) is 89.0 cm³/mol. The average Bonchev–Trinajstić information content (AvgIpc) is 2.60. The summed E-state index contributed by atoms with van der Waals surface area (Å²) in [5.74, 6) is 3.20. The Balaban J connectivity index is 2.14. The van der Waals surface area contributed by atoms with Gasteiger partial charge in [0.25, 0.3) is 0 Å². The van der Waals surface area contributed by atoms with Crippen molar-refractivity contribution in [1.82, 2.24) is 0 Å². The van der Waals surface area contributed by atoms with Crippen molar-refractivity contribution in [1.29, 1.82) is 0 Å². The summed E-state index contributed by atoms with van der Waals surface area (Å²) in [7, 11) is 0. The van der Waals surface area contributed by atoms with E-state index in [1.165, 1.54) is 31.3 Å². The fraction of sp³-hybridized carbons (Fsp3) is 0.900. The Morgan fingerprint density at radius 1 is 1.10 bits per heavy atom. The van der Waals surface area contributed by atoms with Crippen LogP contribution in [0.25, 0.3) is 0 Å². The maximum absolute atomic E-state index is 11.8. The second kappa shape index (κ2) is 5.11. The Labute approximate surface area is 131 Å². The van der Waals surface area contributed by atoms with Crippen molar-refractivity contribution < 1.29 is 5.11 Å². The van der Waals surface area contributed by atoms with Crippen molar-refractivity contribution in [2.24, 2.45) is 35.0 Å². The van der Waals surface area contributed by atoms with Crippen molar-refractivity contribution in [3.8, 4) is 0 Å². The van der Waals surface area contributed by atoms with Crippen LogP contribution in [0.3, 0.4) is 0 Å². The first-order chi connectivity index (χ1) is 9.83. The van der Waals surface area contributed by atoms with E-state index in [0.29, 0.717) is 17.8 Å². The molecule has 1 N–H and O–H groups in total. The summed E-state index contributed by atoms with van der Waals surface area (Å²) >= 11 is 0. The van der Waals surface area contributed by atoms with Crippen molar-refractivity contribution >= 4 is 0 Å². The van der Waals surface area contributed by atoms with E-state index in [9.17, 15) is 5.11 Å². The van der Waals surface area contributed by atoms with Crippen molar-refractivity contribution in [3.05, 3.63) is 11.6 Å². The molecule has 120 valence electrons. The molecule has 0 aromatic carbocycles. The monoisotopic (exact) mass is 290 g/mol. The molecule has 0 heterocycles. The fourth-order valence-electron chi connectivity index (χ4n) is 6.36.